The first kappa shape index (κ1) is 17.4. The molecule has 0 radical (unpaired) electrons. The van der Waals surface area contributed by atoms with Crippen molar-refractivity contribution in [3.8, 4) is 5.69 Å². The van der Waals surface area contributed by atoms with E-state index in [0.29, 0.717) is 0 Å². The quantitative estimate of drug-likeness (QED) is 0.692. The topological polar surface area (TPSA) is 24.3 Å². The fourth-order valence-electron chi connectivity index (χ4n) is 4.49. The van der Waals surface area contributed by atoms with Crippen LogP contribution in [0.25, 0.3) is 5.69 Å². The van der Waals surface area contributed by atoms with Crippen molar-refractivity contribution in [3.63, 3.8) is 0 Å². The van der Waals surface area contributed by atoms with Gasteiger partial charge >= 0.3 is 0 Å². The molecule has 2 heterocycles. The fraction of sp³-hybridized carbons (Fsp3) is 0.348. The zero-order valence-corrected chi connectivity index (χ0v) is 16.0. The van der Waals surface area contributed by atoms with E-state index in [4.69, 9.17) is 5.10 Å². The molecule has 1 aromatic heterocycles. The summed E-state index contributed by atoms with van der Waals surface area (Å²) in [5, 5.41) is 4.99. The number of aromatic nitrogens is 2. The number of hydrogen-bond donors (Lipinski definition) is 0. The molecule has 2 aromatic carbocycles. The van der Waals surface area contributed by atoms with Gasteiger partial charge in [0.15, 0.2) is 0 Å². The zero-order valence-electron chi connectivity index (χ0n) is 16.0. The lowest BCUT2D eigenvalue weighted by Gasteiger charge is -2.36. The van der Waals surface area contributed by atoms with Gasteiger partial charge < -0.3 is 4.90 Å². The predicted molar refractivity (Wildman–Crippen MR) is 109 cm³/mol. The second-order valence-corrected chi connectivity index (χ2v) is 7.69. The minimum atomic E-state index is -0.129. The summed E-state index contributed by atoms with van der Waals surface area (Å²) >= 11 is 0. The van der Waals surface area contributed by atoms with E-state index in [1.807, 2.05) is 18.2 Å². The van der Waals surface area contributed by atoms with Gasteiger partial charge in [0.25, 0.3) is 0 Å². The van der Waals surface area contributed by atoms with Crippen LogP contribution in [0.4, 0.5) is 10.1 Å². The average Bonchev–Trinajstić information content (AvgIpc) is 3.34. The molecule has 0 N–H and O–H groups in total. The molecular formula is C23H25FN4. The molecule has 0 atom stereocenters. The molecule has 5 rings (SSSR count). The highest BCUT2D eigenvalue weighted by Crippen LogP contribution is 2.29. The third-order valence-corrected chi connectivity index (χ3v) is 5.95. The minimum Gasteiger partial charge on any atom is -0.367 e. The smallest absolute Gasteiger partial charge is 0.146 e. The van der Waals surface area contributed by atoms with Gasteiger partial charge in [-0.25, -0.2) is 9.07 Å². The number of para-hydroxylation sites is 2. The number of rotatable bonds is 4. The normalized spacial score (nSPS) is 17.1. The lowest BCUT2D eigenvalue weighted by Crippen LogP contribution is -2.46. The summed E-state index contributed by atoms with van der Waals surface area (Å²) in [7, 11) is 0. The van der Waals surface area contributed by atoms with Crippen LogP contribution in [-0.2, 0) is 19.4 Å². The average molecular weight is 376 g/mol. The monoisotopic (exact) mass is 376 g/mol. The maximum Gasteiger partial charge on any atom is 0.146 e. The molecule has 0 unspecified atom stereocenters. The Morgan fingerprint density at radius 2 is 1.61 bits per heavy atom. The van der Waals surface area contributed by atoms with Crippen molar-refractivity contribution in [2.24, 2.45) is 0 Å². The Morgan fingerprint density at radius 1 is 0.857 bits per heavy atom. The SMILES string of the molecule is Fc1ccccc1N1CCN(Cc2nn(-c3ccccc3)c3c2CCC3)CC1. The van der Waals surface area contributed by atoms with Crippen molar-refractivity contribution < 1.29 is 4.39 Å². The molecule has 1 aliphatic heterocycles. The van der Waals surface area contributed by atoms with Crippen LogP contribution in [0.1, 0.15) is 23.4 Å². The second-order valence-electron chi connectivity index (χ2n) is 7.69. The van der Waals surface area contributed by atoms with E-state index in [2.05, 4.69) is 38.7 Å². The maximum atomic E-state index is 14.1. The van der Waals surface area contributed by atoms with Crippen molar-refractivity contribution in [1.29, 1.82) is 0 Å². The lowest BCUT2D eigenvalue weighted by molar-refractivity contribution is 0.245. The van der Waals surface area contributed by atoms with Crippen LogP contribution in [-0.4, -0.2) is 40.9 Å². The largest absolute Gasteiger partial charge is 0.367 e. The molecule has 144 valence electrons. The highest BCUT2D eigenvalue weighted by atomic mass is 19.1. The van der Waals surface area contributed by atoms with E-state index >= 15 is 0 Å². The summed E-state index contributed by atoms with van der Waals surface area (Å²) in [6, 6.07) is 17.5. The van der Waals surface area contributed by atoms with Crippen molar-refractivity contribution in [1.82, 2.24) is 14.7 Å². The number of anilines is 1. The van der Waals surface area contributed by atoms with Gasteiger partial charge in [-0.05, 0) is 49.1 Å². The van der Waals surface area contributed by atoms with Gasteiger partial charge in [0, 0.05) is 38.4 Å². The highest BCUT2D eigenvalue weighted by Gasteiger charge is 2.26. The molecular weight excluding hydrogens is 351 g/mol. The van der Waals surface area contributed by atoms with Gasteiger partial charge in [0.1, 0.15) is 5.82 Å². The van der Waals surface area contributed by atoms with Crippen LogP contribution in [0.5, 0.6) is 0 Å². The Labute approximate surface area is 165 Å². The van der Waals surface area contributed by atoms with E-state index in [-0.39, 0.29) is 5.82 Å². The standard InChI is InChI=1S/C23H25FN4/c24-20-10-4-5-11-23(20)27-15-13-26(14-16-27)17-21-19-9-6-12-22(19)28(25-21)18-7-2-1-3-8-18/h1-5,7-8,10-11H,6,9,12-17H2. The number of halogens is 1. The lowest BCUT2D eigenvalue weighted by atomic mass is 10.1. The molecule has 0 bridgehead atoms. The summed E-state index contributed by atoms with van der Waals surface area (Å²) < 4.78 is 16.2. The molecule has 0 amide bonds. The predicted octanol–water partition coefficient (Wildman–Crippen LogP) is 3.82. The Balaban J connectivity index is 1.31. The van der Waals surface area contributed by atoms with Crippen LogP contribution in [0, 0.1) is 5.82 Å². The molecule has 1 fully saturated rings. The van der Waals surface area contributed by atoms with Gasteiger partial charge in [-0.2, -0.15) is 5.10 Å². The van der Waals surface area contributed by atoms with Crippen LogP contribution >= 0.6 is 0 Å². The van der Waals surface area contributed by atoms with E-state index in [0.717, 1.165) is 56.9 Å². The first-order valence-electron chi connectivity index (χ1n) is 10.2. The first-order valence-corrected chi connectivity index (χ1v) is 10.2. The number of fused-ring (bicyclic) bond motifs is 1. The number of hydrogen-bond acceptors (Lipinski definition) is 3. The van der Waals surface area contributed by atoms with Crippen molar-refractivity contribution in [3.05, 3.63) is 77.4 Å². The molecule has 2 aliphatic rings. The fourth-order valence-corrected chi connectivity index (χ4v) is 4.49. The Morgan fingerprint density at radius 3 is 2.39 bits per heavy atom. The van der Waals surface area contributed by atoms with Gasteiger partial charge in [0.2, 0.25) is 0 Å². The Bertz CT molecular complexity index is 958. The van der Waals surface area contributed by atoms with Gasteiger partial charge in [0.05, 0.1) is 17.1 Å². The zero-order chi connectivity index (χ0) is 18.9. The van der Waals surface area contributed by atoms with Gasteiger partial charge in [-0.1, -0.05) is 30.3 Å². The number of piperazine rings is 1. The van der Waals surface area contributed by atoms with Crippen LogP contribution in [0.15, 0.2) is 54.6 Å². The van der Waals surface area contributed by atoms with E-state index in [1.165, 1.54) is 23.4 Å². The van der Waals surface area contributed by atoms with Crippen molar-refractivity contribution in [2.75, 3.05) is 31.1 Å². The highest BCUT2D eigenvalue weighted by molar-refractivity contribution is 5.48. The summed E-state index contributed by atoms with van der Waals surface area (Å²) in [5.41, 5.74) is 5.91. The van der Waals surface area contributed by atoms with E-state index < -0.39 is 0 Å². The Kier molecular flexibility index (Phi) is 4.61. The molecule has 5 heteroatoms. The molecule has 28 heavy (non-hydrogen) atoms. The molecule has 1 aliphatic carbocycles. The maximum absolute atomic E-state index is 14.1. The third kappa shape index (κ3) is 3.20. The second kappa shape index (κ2) is 7.40. The van der Waals surface area contributed by atoms with Crippen LogP contribution in [0.2, 0.25) is 0 Å². The summed E-state index contributed by atoms with van der Waals surface area (Å²) in [6.07, 6.45) is 3.46. The van der Waals surface area contributed by atoms with Crippen LogP contribution < -0.4 is 4.90 Å². The summed E-state index contributed by atoms with van der Waals surface area (Å²) in [6.45, 7) is 4.45. The molecule has 1 saturated heterocycles. The molecule has 0 spiro atoms. The Hall–Kier alpha value is -2.66. The number of nitrogens with zero attached hydrogens (tertiary/aromatic N) is 4. The van der Waals surface area contributed by atoms with Crippen molar-refractivity contribution in [2.45, 2.75) is 25.8 Å². The third-order valence-electron chi connectivity index (χ3n) is 5.95. The van der Waals surface area contributed by atoms with Crippen molar-refractivity contribution >= 4 is 5.69 Å². The molecule has 3 aromatic rings. The van der Waals surface area contributed by atoms with Gasteiger partial charge in [-0.15, -0.1) is 0 Å². The summed E-state index contributed by atoms with van der Waals surface area (Å²) in [5.74, 6) is -0.129. The molecule has 4 nitrogen and oxygen atoms in total. The van der Waals surface area contributed by atoms with E-state index in [9.17, 15) is 4.39 Å². The van der Waals surface area contributed by atoms with Gasteiger partial charge in [-0.3, -0.25) is 4.90 Å². The van der Waals surface area contributed by atoms with Crippen LogP contribution in [0.3, 0.4) is 0 Å². The first-order chi connectivity index (χ1) is 13.8. The number of benzene rings is 2. The van der Waals surface area contributed by atoms with E-state index in [1.54, 1.807) is 12.1 Å². The molecule has 0 saturated carbocycles. The minimum absolute atomic E-state index is 0.129. The summed E-state index contributed by atoms with van der Waals surface area (Å²) in [4.78, 5) is 4.60.